The molecule has 10 heteroatoms. The van der Waals surface area contributed by atoms with Crippen molar-refractivity contribution in [2.24, 2.45) is 5.73 Å². The molecule has 0 aliphatic carbocycles. The average Bonchev–Trinajstić information content (AvgIpc) is 2.83. The Morgan fingerprint density at radius 3 is 2.74 bits per heavy atom. The largest absolute Gasteiger partial charge is 0.349 e. The number of carbonyl (C=O) groups excluding carboxylic acids is 3. The van der Waals surface area contributed by atoms with Gasteiger partial charge in [-0.2, -0.15) is 0 Å². The summed E-state index contributed by atoms with van der Waals surface area (Å²) in [6.07, 6.45) is 1.49. The van der Waals surface area contributed by atoms with Gasteiger partial charge in [0, 0.05) is 7.05 Å². The fourth-order valence-corrected chi connectivity index (χ4v) is 1.13. The molecule has 0 aliphatic heterocycles. The van der Waals surface area contributed by atoms with E-state index in [1.54, 1.807) is 0 Å². The van der Waals surface area contributed by atoms with Crippen LogP contribution in [0.25, 0.3) is 0 Å². The van der Waals surface area contributed by atoms with E-state index in [0.717, 1.165) is 0 Å². The summed E-state index contributed by atoms with van der Waals surface area (Å²) in [5.41, 5.74) is 5.60. The van der Waals surface area contributed by atoms with Crippen LogP contribution in [0.2, 0.25) is 0 Å². The van der Waals surface area contributed by atoms with Gasteiger partial charge in [-0.1, -0.05) is 5.21 Å². The zero-order valence-corrected chi connectivity index (χ0v) is 10.3. The Morgan fingerprint density at radius 1 is 1.37 bits per heavy atom. The number of urea groups is 1. The Morgan fingerprint density at radius 2 is 2.11 bits per heavy atom. The summed E-state index contributed by atoms with van der Waals surface area (Å²) >= 11 is 0. The van der Waals surface area contributed by atoms with Gasteiger partial charge in [-0.25, -0.2) is 9.48 Å². The van der Waals surface area contributed by atoms with Crippen LogP contribution in [-0.2, 0) is 22.7 Å². The third-order valence-electron chi connectivity index (χ3n) is 2.02. The van der Waals surface area contributed by atoms with Crippen LogP contribution in [0.1, 0.15) is 5.69 Å². The summed E-state index contributed by atoms with van der Waals surface area (Å²) in [6.45, 7) is -0.0823. The molecule has 0 aliphatic rings. The standard InChI is InChI=1S/C9H15N7O3/c1-11-9(19)13-8(18)5-16-4-6(14-15-16)3-12-7(17)2-10/h4H,2-3,5,10H2,1H3,(H,12,17)(H2,11,13,18,19). The van der Waals surface area contributed by atoms with Gasteiger partial charge in [0.25, 0.3) is 0 Å². The molecule has 1 heterocycles. The molecule has 19 heavy (non-hydrogen) atoms. The van der Waals surface area contributed by atoms with Crippen LogP contribution in [0.5, 0.6) is 0 Å². The molecule has 0 fully saturated rings. The number of amides is 4. The zero-order chi connectivity index (χ0) is 14.3. The SMILES string of the molecule is CNC(=O)NC(=O)Cn1cc(CNC(=O)CN)nn1. The van der Waals surface area contributed by atoms with Crippen molar-refractivity contribution >= 4 is 17.8 Å². The second-order valence-corrected chi connectivity index (χ2v) is 3.52. The second-order valence-electron chi connectivity index (χ2n) is 3.52. The van der Waals surface area contributed by atoms with Crippen LogP contribution in [0, 0.1) is 0 Å². The van der Waals surface area contributed by atoms with Gasteiger partial charge in [0.1, 0.15) is 12.2 Å². The fraction of sp³-hybridized carbons (Fsp3) is 0.444. The highest BCUT2D eigenvalue weighted by Crippen LogP contribution is 1.92. The first-order valence-corrected chi connectivity index (χ1v) is 5.42. The first-order valence-electron chi connectivity index (χ1n) is 5.42. The van der Waals surface area contributed by atoms with E-state index in [4.69, 9.17) is 5.73 Å². The van der Waals surface area contributed by atoms with Gasteiger partial charge in [0.2, 0.25) is 11.8 Å². The van der Waals surface area contributed by atoms with Crippen LogP contribution >= 0.6 is 0 Å². The van der Waals surface area contributed by atoms with Gasteiger partial charge < -0.3 is 16.4 Å². The monoisotopic (exact) mass is 269 g/mol. The number of nitrogens with zero attached hydrogens (tertiary/aromatic N) is 3. The molecule has 0 saturated heterocycles. The predicted molar refractivity (Wildman–Crippen MR) is 63.5 cm³/mol. The van der Waals surface area contributed by atoms with E-state index in [1.807, 2.05) is 0 Å². The van der Waals surface area contributed by atoms with Gasteiger partial charge >= 0.3 is 6.03 Å². The van der Waals surface area contributed by atoms with E-state index in [0.29, 0.717) is 5.69 Å². The molecule has 0 saturated carbocycles. The molecule has 1 aromatic rings. The molecule has 0 spiro atoms. The molecule has 0 radical (unpaired) electrons. The number of hydrogen-bond donors (Lipinski definition) is 4. The summed E-state index contributed by atoms with van der Waals surface area (Å²) in [6, 6.07) is -0.597. The van der Waals surface area contributed by atoms with Crippen LogP contribution in [0.15, 0.2) is 6.20 Å². The van der Waals surface area contributed by atoms with E-state index < -0.39 is 11.9 Å². The van der Waals surface area contributed by atoms with Crippen molar-refractivity contribution in [1.29, 1.82) is 0 Å². The minimum Gasteiger partial charge on any atom is -0.349 e. The van der Waals surface area contributed by atoms with E-state index in [9.17, 15) is 14.4 Å². The van der Waals surface area contributed by atoms with Crippen molar-refractivity contribution in [3.8, 4) is 0 Å². The Labute approximate surface area is 108 Å². The molecule has 5 N–H and O–H groups in total. The topological polar surface area (TPSA) is 144 Å². The van der Waals surface area contributed by atoms with Gasteiger partial charge in [0.15, 0.2) is 0 Å². The summed E-state index contributed by atoms with van der Waals surface area (Å²) in [4.78, 5) is 33.2. The number of imide groups is 1. The van der Waals surface area contributed by atoms with E-state index in [1.165, 1.54) is 17.9 Å². The van der Waals surface area contributed by atoms with E-state index in [2.05, 4.69) is 26.3 Å². The normalized spacial score (nSPS) is 9.79. The van der Waals surface area contributed by atoms with Gasteiger partial charge in [0.05, 0.1) is 19.3 Å². The molecule has 0 bridgehead atoms. The third-order valence-corrected chi connectivity index (χ3v) is 2.02. The lowest BCUT2D eigenvalue weighted by atomic mass is 10.4. The lowest BCUT2D eigenvalue weighted by molar-refractivity contribution is -0.121. The summed E-state index contributed by atoms with van der Waals surface area (Å²) < 4.78 is 1.25. The highest BCUT2D eigenvalue weighted by atomic mass is 16.2. The molecular weight excluding hydrogens is 254 g/mol. The van der Waals surface area contributed by atoms with Crippen molar-refractivity contribution < 1.29 is 14.4 Å². The van der Waals surface area contributed by atoms with Crippen molar-refractivity contribution in [1.82, 2.24) is 30.9 Å². The van der Waals surface area contributed by atoms with Gasteiger partial charge in [-0.15, -0.1) is 5.10 Å². The lowest BCUT2D eigenvalue weighted by Crippen LogP contribution is -2.39. The first kappa shape index (κ1) is 14.6. The maximum Gasteiger partial charge on any atom is 0.321 e. The maximum absolute atomic E-state index is 11.4. The second kappa shape index (κ2) is 7.06. The Bertz CT molecular complexity index is 470. The minimum atomic E-state index is -0.597. The van der Waals surface area contributed by atoms with Crippen molar-refractivity contribution in [3.63, 3.8) is 0 Å². The van der Waals surface area contributed by atoms with Crippen LogP contribution in [0.3, 0.4) is 0 Å². The molecule has 0 atom stereocenters. The summed E-state index contributed by atoms with van der Waals surface area (Å²) in [5.74, 6) is -0.839. The number of nitrogens with two attached hydrogens (primary N) is 1. The van der Waals surface area contributed by atoms with Crippen molar-refractivity contribution in [3.05, 3.63) is 11.9 Å². The Balaban J connectivity index is 2.44. The molecular formula is C9H15N7O3. The number of carbonyl (C=O) groups is 3. The highest BCUT2D eigenvalue weighted by molar-refractivity contribution is 5.93. The number of rotatable bonds is 5. The lowest BCUT2D eigenvalue weighted by Gasteiger charge is -2.02. The van der Waals surface area contributed by atoms with E-state index >= 15 is 0 Å². The summed E-state index contributed by atoms with van der Waals surface area (Å²) in [7, 11) is 1.40. The highest BCUT2D eigenvalue weighted by Gasteiger charge is 2.09. The Kier molecular flexibility index (Phi) is 5.41. The quantitative estimate of drug-likeness (QED) is 0.458. The fourth-order valence-electron chi connectivity index (χ4n) is 1.13. The predicted octanol–water partition coefficient (Wildman–Crippen LogP) is -2.69. The molecule has 0 aromatic carbocycles. The minimum absolute atomic E-state index is 0.108. The molecule has 1 rings (SSSR count). The summed E-state index contributed by atoms with van der Waals surface area (Å²) in [5, 5.41) is 14.3. The van der Waals surface area contributed by atoms with Crippen LogP contribution in [-0.4, -0.2) is 46.4 Å². The zero-order valence-electron chi connectivity index (χ0n) is 10.3. The van der Waals surface area contributed by atoms with Crippen LogP contribution < -0.4 is 21.7 Å². The third kappa shape index (κ3) is 5.12. The number of aromatic nitrogens is 3. The molecule has 4 amide bonds. The molecule has 104 valence electrons. The van der Waals surface area contributed by atoms with Gasteiger partial charge in [-0.3, -0.25) is 14.9 Å². The van der Waals surface area contributed by atoms with Gasteiger partial charge in [-0.05, 0) is 0 Å². The number of nitrogens with one attached hydrogen (secondary N) is 3. The Hall–Kier alpha value is -2.49. The molecule has 0 unspecified atom stereocenters. The first-order chi connectivity index (χ1) is 9.05. The molecule has 1 aromatic heterocycles. The van der Waals surface area contributed by atoms with E-state index in [-0.39, 0.29) is 25.5 Å². The van der Waals surface area contributed by atoms with Crippen LogP contribution in [0.4, 0.5) is 4.79 Å². The average molecular weight is 269 g/mol. The van der Waals surface area contributed by atoms with Crippen molar-refractivity contribution in [2.45, 2.75) is 13.1 Å². The molecule has 10 nitrogen and oxygen atoms in total. The smallest absolute Gasteiger partial charge is 0.321 e. The maximum atomic E-state index is 11.4. The number of hydrogen-bond acceptors (Lipinski definition) is 6. The van der Waals surface area contributed by atoms with Crippen molar-refractivity contribution in [2.75, 3.05) is 13.6 Å².